The highest BCUT2D eigenvalue weighted by Gasteiger charge is 2.20. The molecule has 0 radical (unpaired) electrons. The summed E-state index contributed by atoms with van der Waals surface area (Å²) in [6.45, 7) is 4.20. The van der Waals surface area contributed by atoms with Crippen LogP contribution in [0.3, 0.4) is 0 Å². The Morgan fingerprint density at radius 1 is 1.35 bits per heavy atom. The molecule has 0 aliphatic carbocycles. The van der Waals surface area contributed by atoms with Gasteiger partial charge in [-0.2, -0.15) is 0 Å². The zero-order valence-electron chi connectivity index (χ0n) is 11.2. The third-order valence-electron chi connectivity index (χ3n) is 2.73. The first-order valence-electron chi connectivity index (χ1n) is 6.01. The number of amides is 1. The van der Waals surface area contributed by atoms with Crippen LogP contribution in [0.2, 0.25) is 0 Å². The predicted molar refractivity (Wildman–Crippen MR) is 70.9 cm³/mol. The summed E-state index contributed by atoms with van der Waals surface area (Å²) in [6.07, 6.45) is 1.06. The number of carbonyl (C=O) groups excluding carboxylic acids is 1. The van der Waals surface area contributed by atoms with E-state index in [0.29, 0.717) is 13.1 Å². The lowest BCUT2D eigenvalue weighted by atomic mass is 10.4. The number of sulfonamides is 1. The SMILES string of the molecule is CCN(CC)C(=O)CNS(=O)(=O)c1c[nH]c(C(=O)O)c1. The van der Waals surface area contributed by atoms with Gasteiger partial charge in [-0.1, -0.05) is 0 Å². The fourth-order valence-electron chi connectivity index (χ4n) is 1.58. The van der Waals surface area contributed by atoms with E-state index in [4.69, 9.17) is 5.11 Å². The Bertz CT molecular complexity index is 589. The zero-order valence-corrected chi connectivity index (χ0v) is 12.0. The van der Waals surface area contributed by atoms with Crippen LogP contribution in [0.25, 0.3) is 0 Å². The Balaban J connectivity index is 2.75. The summed E-state index contributed by atoms with van der Waals surface area (Å²) in [7, 11) is -3.91. The summed E-state index contributed by atoms with van der Waals surface area (Å²) >= 11 is 0. The Morgan fingerprint density at radius 2 is 1.95 bits per heavy atom. The summed E-state index contributed by atoms with van der Waals surface area (Å²) in [5, 5.41) is 8.71. The Hall–Kier alpha value is -1.87. The predicted octanol–water partition coefficient (Wildman–Crippen LogP) is -0.140. The molecule has 112 valence electrons. The highest BCUT2D eigenvalue weighted by Crippen LogP contribution is 2.10. The summed E-state index contributed by atoms with van der Waals surface area (Å²) in [5.74, 6) is -1.60. The second-order valence-electron chi connectivity index (χ2n) is 3.94. The van der Waals surface area contributed by atoms with Gasteiger partial charge in [0, 0.05) is 19.3 Å². The largest absolute Gasteiger partial charge is 0.477 e. The number of aromatic amines is 1. The highest BCUT2D eigenvalue weighted by atomic mass is 32.2. The first-order chi connectivity index (χ1) is 9.31. The van der Waals surface area contributed by atoms with Crippen molar-refractivity contribution < 1.29 is 23.1 Å². The molecule has 0 saturated carbocycles. The minimum absolute atomic E-state index is 0.220. The first kappa shape index (κ1) is 16.2. The molecule has 1 aromatic rings. The summed E-state index contributed by atoms with van der Waals surface area (Å²) < 4.78 is 25.9. The van der Waals surface area contributed by atoms with E-state index < -0.39 is 16.0 Å². The van der Waals surface area contributed by atoms with E-state index in [1.54, 1.807) is 13.8 Å². The van der Waals surface area contributed by atoms with Crippen molar-refractivity contribution >= 4 is 21.9 Å². The normalized spacial score (nSPS) is 11.3. The molecular weight excluding hydrogens is 286 g/mol. The van der Waals surface area contributed by atoms with Gasteiger partial charge in [-0.05, 0) is 19.9 Å². The molecule has 0 aliphatic rings. The second kappa shape index (κ2) is 6.53. The molecule has 1 heterocycles. The van der Waals surface area contributed by atoms with Gasteiger partial charge in [0.25, 0.3) is 0 Å². The van der Waals surface area contributed by atoms with Crippen LogP contribution >= 0.6 is 0 Å². The molecule has 1 amide bonds. The quantitative estimate of drug-likeness (QED) is 0.647. The topological polar surface area (TPSA) is 120 Å². The maximum atomic E-state index is 11.9. The third kappa shape index (κ3) is 3.81. The van der Waals surface area contributed by atoms with E-state index in [1.807, 2.05) is 0 Å². The van der Waals surface area contributed by atoms with Crippen LogP contribution in [-0.2, 0) is 14.8 Å². The van der Waals surface area contributed by atoms with Crippen molar-refractivity contribution in [3.05, 3.63) is 18.0 Å². The van der Waals surface area contributed by atoms with Gasteiger partial charge in [0.1, 0.15) is 10.6 Å². The second-order valence-corrected chi connectivity index (χ2v) is 5.71. The molecule has 1 aromatic heterocycles. The van der Waals surface area contributed by atoms with Gasteiger partial charge in [-0.3, -0.25) is 4.79 Å². The fourth-order valence-corrected chi connectivity index (χ4v) is 2.55. The smallest absolute Gasteiger partial charge is 0.352 e. The van der Waals surface area contributed by atoms with Crippen LogP contribution in [0, 0.1) is 0 Å². The minimum atomic E-state index is -3.91. The van der Waals surface area contributed by atoms with Crippen molar-refractivity contribution in [1.29, 1.82) is 0 Å². The number of aromatic nitrogens is 1. The molecule has 0 bridgehead atoms. The number of rotatable bonds is 7. The number of carbonyl (C=O) groups is 2. The number of likely N-dealkylation sites (N-methyl/N-ethyl adjacent to an activating group) is 1. The highest BCUT2D eigenvalue weighted by molar-refractivity contribution is 7.89. The Kier molecular flexibility index (Phi) is 5.28. The van der Waals surface area contributed by atoms with Crippen molar-refractivity contribution in [3.63, 3.8) is 0 Å². The molecule has 0 saturated heterocycles. The van der Waals surface area contributed by atoms with E-state index in [1.165, 1.54) is 4.90 Å². The molecule has 0 aliphatic heterocycles. The van der Waals surface area contributed by atoms with Gasteiger partial charge < -0.3 is 15.0 Å². The maximum Gasteiger partial charge on any atom is 0.352 e. The molecule has 0 aromatic carbocycles. The van der Waals surface area contributed by atoms with E-state index in [2.05, 4.69) is 9.71 Å². The van der Waals surface area contributed by atoms with Crippen molar-refractivity contribution in [1.82, 2.24) is 14.6 Å². The zero-order chi connectivity index (χ0) is 15.3. The van der Waals surface area contributed by atoms with E-state index >= 15 is 0 Å². The van der Waals surface area contributed by atoms with Crippen LogP contribution in [-0.4, -0.2) is 54.9 Å². The number of hydrogen-bond acceptors (Lipinski definition) is 4. The molecule has 0 fully saturated rings. The lowest BCUT2D eigenvalue weighted by molar-refractivity contribution is -0.129. The van der Waals surface area contributed by atoms with Crippen LogP contribution in [0.1, 0.15) is 24.3 Å². The molecule has 9 heteroatoms. The third-order valence-corrected chi connectivity index (χ3v) is 4.11. The van der Waals surface area contributed by atoms with Gasteiger partial charge in [0.2, 0.25) is 15.9 Å². The van der Waals surface area contributed by atoms with Crippen molar-refractivity contribution in [3.8, 4) is 0 Å². The summed E-state index contributed by atoms with van der Waals surface area (Å²) in [5.41, 5.74) is -0.236. The molecule has 0 spiro atoms. The molecule has 20 heavy (non-hydrogen) atoms. The number of hydrogen-bond donors (Lipinski definition) is 3. The number of nitrogens with zero attached hydrogens (tertiary/aromatic N) is 1. The van der Waals surface area contributed by atoms with E-state index in [9.17, 15) is 18.0 Å². The first-order valence-corrected chi connectivity index (χ1v) is 7.49. The average Bonchev–Trinajstić information content (AvgIpc) is 2.88. The molecule has 0 unspecified atom stereocenters. The number of nitrogens with one attached hydrogen (secondary N) is 2. The summed E-state index contributed by atoms with van der Waals surface area (Å²) in [4.78, 5) is 26.0. The van der Waals surface area contributed by atoms with Gasteiger partial charge in [-0.25, -0.2) is 17.9 Å². The van der Waals surface area contributed by atoms with Crippen molar-refractivity contribution in [2.45, 2.75) is 18.7 Å². The van der Waals surface area contributed by atoms with Crippen LogP contribution in [0.15, 0.2) is 17.2 Å². The Labute approximate surface area is 116 Å². The molecule has 3 N–H and O–H groups in total. The fraction of sp³-hybridized carbons (Fsp3) is 0.455. The van der Waals surface area contributed by atoms with E-state index in [-0.39, 0.29) is 23.0 Å². The van der Waals surface area contributed by atoms with Crippen LogP contribution < -0.4 is 4.72 Å². The molecule has 0 atom stereocenters. The number of carboxylic acid groups (broad SMARTS) is 1. The molecule has 8 nitrogen and oxygen atoms in total. The molecular formula is C11H17N3O5S. The van der Waals surface area contributed by atoms with Gasteiger partial charge >= 0.3 is 5.97 Å². The summed E-state index contributed by atoms with van der Waals surface area (Å²) in [6, 6.07) is 0.993. The standard InChI is InChI=1S/C11H17N3O5S/c1-3-14(4-2)10(15)7-13-20(18,19)8-5-9(11(16)17)12-6-8/h5-6,12-13H,3-4,7H2,1-2H3,(H,16,17). The number of H-pyrrole nitrogens is 1. The van der Waals surface area contributed by atoms with Crippen molar-refractivity contribution in [2.24, 2.45) is 0 Å². The maximum absolute atomic E-state index is 11.9. The molecule has 1 rings (SSSR count). The van der Waals surface area contributed by atoms with Crippen LogP contribution in [0.4, 0.5) is 0 Å². The lowest BCUT2D eigenvalue weighted by Gasteiger charge is -2.18. The van der Waals surface area contributed by atoms with Crippen molar-refractivity contribution in [2.75, 3.05) is 19.6 Å². The van der Waals surface area contributed by atoms with Gasteiger partial charge in [-0.15, -0.1) is 0 Å². The lowest BCUT2D eigenvalue weighted by Crippen LogP contribution is -2.39. The van der Waals surface area contributed by atoms with Gasteiger partial charge in [0.15, 0.2) is 0 Å². The monoisotopic (exact) mass is 303 g/mol. The Morgan fingerprint density at radius 3 is 2.40 bits per heavy atom. The van der Waals surface area contributed by atoms with E-state index in [0.717, 1.165) is 12.3 Å². The number of aromatic carboxylic acids is 1. The minimum Gasteiger partial charge on any atom is -0.477 e. The van der Waals surface area contributed by atoms with Crippen LogP contribution in [0.5, 0.6) is 0 Å². The average molecular weight is 303 g/mol. The van der Waals surface area contributed by atoms with Gasteiger partial charge in [0.05, 0.1) is 6.54 Å². The number of carboxylic acids is 1.